The Kier molecular flexibility index (Phi) is 9.04. The van der Waals surface area contributed by atoms with E-state index in [4.69, 9.17) is 0 Å². The maximum atomic E-state index is 12.3. The van der Waals surface area contributed by atoms with E-state index < -0.39 is 10.0 Å². The molecular formula is C15H21N3O3S5. The smallest absolute Gasteiger partial charge is 0.208 e. The van der Waals surface area contributed by atoms with Crippen molar-refractivity contribution in [2.75, 3.05) is 24.3 Å². The first-order chi connectivity index (χ1) is 12.4. The molecule has 0 saturated heterocycles. The van der Waals surface area contributed by atoms with Gasteiger partial charge < -0.3 is 0 Å². The SMILES string of the molecule is CCCCSc1nnc(SCC(=O)c2ccc(CCNS(C)(=O)=O)s2)s1. The number of nitrogens with zero attached hydrogens (tertiary/aromatic N) is 2. The second-order valence-corrected chi connectivity index (χ2v) is 12.0. The molecule has 0 aliphatic rings. The molecule has 0 radical (unpaired) electrons. The predicted octanol–water partition coefficient (Wildman–Crippen LogP) is 3.56. The second-order valence-electron chi connectivity index (χ2n) is 5.43. The van der Waals surface area contributed by atoms with Crippen LogP contribution in [0.5, 0.6) is 0 Å². The van der Waals surface area contributed by atoms with Gasteiger partial charge in [-0.2, -0.15) is 0 Å². The molecule has 26 heavy (non-hydrogen) atoms. The highest BCUT2D eigenvalue weighted by Crippen LogP contribution is 2.30. The molecule has 0 aromatic carbocycles. The Balaban J connectivity index is 1.77. The number of thiophene rings is 1. The van der Waals surface area contributed by atoms with Gasteiger partial charge in [0.15, 0.2) is 14.5 Å². The van der Waals surface area contributed by atoms with Crippen LogP contribution in [-0.4, -0.2) is 48.7 Å². The lowest BCUT2D eigenvalue weighted by Gasteiger charge is -1.99. The van der Waals surface area contributed by atoms with Gasteiger partial charge >= 0.3 is 0 Å². The summed E-state index contributed by atoms with van der Waals surface area (Å²) in [6, 6.07) is 3.68. The van der Waals surface area contributed by atoms with E-state index in [-0.39, 0.29) is 5.78 Å². The normalized spacial score (nSPS) is 11.8. The standard InChI is InChI=1S/C15H21N3O3S5/c1-3-4-9-22-14-17-18-15(25-14)23-10-12(19)13-6-5-11(24-13)7-8-16-26(2,20)21/h5-6,16H,3-4,7-10H2,1-2H3. The monoisotopic (exact) mass is 451 g/mol. The first kappa shape index (κ1) is 21.8. The fourth-order valence-corrected chi connectivity index (χ4v) is 6.40. The highest BCUT2D eigenvalue weighted by Gasteiger charge is 2.13. The molecule has 0 amide bonds. The molecular weight excluding hydrogens is 431 g/mol. The number of unbranched alkanes of at least 4 members (excludes halogenated alkanes) is 1. The van der Waals surface area contributed by atoms with Crippen molar-refractivity contribution in [2.24, 2.45) is 0 Å². The summed E-state index contributed by atoms with van der Waals surface area (Å²) in [4.78, 5) is 14.0. The highest BCUT2D eigenvalue weighted by atomic mass is 32.2. The third-order valence-electron chi connectivity index (χ3n) is 3.11. The van der Waals surface area contributed by atoms with Crippen molar-refractivity contribution in [1.29, 1.82) is 0 Å². The van der Waals surface area contributed by atoms with Gasteiger partial charge in [-0.25, -0.2) is 13.1 Å². The number of carbonyl (C=O) groups is 1. The molecule has 6 nitrogen and oxygen atoms in total. The summed E-state index contributed by atoms with van der Waals surface area (Å²) in [6.07, 6.45) is 4.03. The number of ketones is 1. The van der Waals surface area contributed by atoms with Crippen LogP contribution in [0.3, 0.4) is 0 Å². The number of nitrogens with one attached hydrogen (secondary N) is 1. The Morgan fingerprint density at radius 1 is 1.19 bits per heavy atom. The molecule has 11 heteroatoms. The molecule has 0 bridgehead atoms. The molecule has 0 saturated carbocycles. The maximum absolute atomic E-state index is 12.3. The highest BCUT2D eigenvalue weighted by molar-refractivity contribution is 8.03. The fraction of sp³-hybridized carbons (Fsp3) is 0.533. The number of thioether (sulfide) groups is 2. The molecule has 2 rings (SSSR count). The molecule has 0 atom stereocenters. The summed E-state index contributed by atoms with van der Waals surface area (Å²) in [6.45, 7) is 2.50. The Bertz CT molecular complexity index is 816. The first-order valence-corrected chi connectivity index (χ1v) is 13.5. The number of rotatable bonds is 12. The zero-order chi connectivity index (χ0) is 19.0. The topological polar surface area (TPSA) is 89.0 Å². The van der Waals surface area contributed by atoms with Crippen LogP contribution in [0.15, 0.2) is 20.8 Å². The molecule has 144 valence electrons. The van der Waals surface area contributed by atoms with Crippen LogP contribution >= 0.6 is 46.2 Å². The fourth-order valence-electron chi connectivity index (χ4n) is 1.84. The summed E-state index contributed by atoms with van der Waals surface area (Å²) in [5, 5.41) is 8.27. The second kappa shape index (κ2) is 10.8. The maximum Gasteiger partial charge on any atom is 0.208 e. The van der Waals surface area contributed by atoms with Gasteiger partial charge in [-0.05, 0) is 25.0 Å². The number of carbonyl (C=O) groups excluding carboxylic acids is 1. The van der Waals surface area contributed by atoms with E-state index in [2.05, 4.69) is 21.8 Å². The number of hydrogen-bond acceptors (Lipinski definition) is 9. The molecule has 1 N–H and O–H groups in total. The van der Waals surface area contributed by atoms with Crippen LogP contribution in [0.25, 0.3) is 0 Å². The molecule has 2 aromatic rings. The van der Waals surface area contributed by atoms with Crippen LogP contribution in [0.1, 0.15) is 34.3 Å². The Morgan fingerprint density at radius 3 is 2.62 bits per heavy atom. The Morgan fingerprint density at radius 2 is 1.92 bits per heavy atom. The van der Waals surface area contributed by atoms with Gasteiger partial charge in [-0.15, -0.1) is 21.5 Å². The van der Waals surface area contributed by atoms with E-state index in [0.29, 0.717) is 23.6 Å². The summed E-state index contributed by atoms with van der Waals surface area (Å²) in [7, 11) is -3.18. The molecule has 0 fully saturated rings. The number of aromatic nitrogens is 2. The molecule has 0 unspecified atom stereocenters. The number of hydrogen-bond donors (Lipinski definition) is 1. The van der Waals surface area contributed by atoms with Crippen LogP contribution in [-0.2, 0) is 16.4 Å². The molecule has 0 aliphatic carbocycles. The number of sulfonamides is 1. The summed E-state index contributed by atoms with van der Waals surface area (Å²) in [5.74, 6) is 1.43. The number of Topliss-reactive ketones (excluding diaryl/α,β-unsaturated/α-hetero) is 1. The van der Waals surface area contributed by atoms with Gasteiger partial charge in [-0.3, -0.25) is 4.79 Å². The summed E-state index contributed by atoms with van der Waals surface area (Å²) < 4.78 is 26.3. The summed E-state index contributed by atoms with van der Waals surface area (Å²) in [5.41, 5.74) is 0. The lowest BCUT2D eigenvalue weighted by atomic mass is 10.3. The zero-order valence-electron chi connectivity index (χ0n) is 14.6. The van der Waals surface area contributed by atoms with Crippen molar-refractivity contribution >= 4 is 62.0 Å². The molecule has 0 spiro atoms. The van der Waals surface area contributed by atoms with E-state index in [1.54, 1.807) is 17.8 Å². The van der Waals surface area contributed by atoms with Crippen LogP contribution in [0.2, 0.25) is 0 Å². The van der Waals surface area contributed by atoms with Gasteiger partial charge in [0.05, 0.1) is 16.9 Å². The van der Waals surface area contributed by atoms with Crippen LogP contribution in [0, 0.1) is 0 Å². The first-order valence-electron chi connectivity index (χ1n) is 8.03. The van der Waals surface area contributed by atoms with Crippen LogP contribution in [0.4, 0.5) is 0 Å². The molecule has 2 aromatic heterocycles. The third kappa shape index (κ3) is 8.05. The molecule has 2 heterocycles. The van der Waals surface area contributed by atoms with Gasteiger partial charge in [0.25, 0.3) is 0 Å². The van der Waals surface area contributed by atoms with Crippen molar-refractivity contribution in [3.05, 3.63) is 21.9 Å². The van der Waals surface area contributed by atoms with Gasteiger partial charge in [0, 0.05) is 17.2 Å². The zero-order valence-corrected chi connectivity index (χ0v) is 18.6. The predicted molar refractivity (Wildman–Crippen MR) is 111 cm³/mol. The average molecular weight is 452 g/mol. The van der Waals surface area contributed by atoms with E-state index in [1.807, 2.05) is 6.07 Å². The lowest BCUT2D eigenvalue weighted by Crippen LogP contribution is -2.23. The minimum Gasteiger partial charge on any atom is -0.292 e. The van der Waals surface area contributed by atoms with E-state index in [1.165, 1.54) is 34.4 Å². The van der Waals surface area contributed by atoms with Crippen molar-refractivity contribution in [1.82, 2.24) is 14.9 Å². The van der Waals surface area contributed by atoms with Gasteiger partial charge in [-0.1, -0.05) is 48.2 Å². The quantitative estimate of drug-likeness (QED) is 0.300. The van der Waals surface area contributed by atoms with Crippen molar-refractivity contribution in [3.63, 3.8) is 0 Å². The third-order valence-corrected chi connectivity index (χ3v) is 8.30. The minimum atomic E-state index is -3.18. The van der Waals surface area contributed by atoms with Crippen molar-refractivity contribution in [2.45, 2.75) is 34.9 Å². The van der Waals surface area contributed by atoms with Gasteiger partial charge in [0.2, 0.25) is 10.0 Å². The largest absolute Gasteiger partial charge is 0.292 e. The van der Waals surface area contributed by atoms with E-state index in [9.17, 15) is 13.2 Å². The van der Waals surface area contributed by atoms with E-state index >= 15 is 0 Å². The minimum absolute atomic E-state index is 0.0534. The Hall–Kier alpha value is -0.460. The molecule has 0 aliphatic heterocycles. The summed E-state index contributed by atoms with van der Waals surface area (Å²) >= 11 is 6.06. The van der Waals surface area contributed by atoms with Crippen molar-refractivity contribution in [3.8, 4) is 0 Å². The van der Waals surface area contributed by atoms with Gasteiger partial charge in [0.1, 0.15) is 0 Å². The lowest BCUT2D eigenvalue weighted by molar-refractivity contribution is 0.102. The van der Waals surface area contributed by atoms with Crippen LogP contribution < -0.4 is 4.72 Å². The van der Waals surface area contributed by atoms with E-state index in [0.717, 1.165) is 38.4 Å². The Labute approximate surface area is 170 Å². The average Bonchev–Trinajstić information content (AvgIpc) is 3.21. The van der Waals surface area contributed by atoms with Crippen molar-refractivity contribution < 1.29 is 13.2 Å².